The number of carbonyl (C=O) groups is 2. The maximum absolute atomic E-state index is 11.3. The van der Waals surface area contributed by atoms with Crippen LogP contribution in [0.25, 0.3) is 0 Å². The van der Waals surface area contributed by atoms with Gasteiger partial charge in [0.1, 0.15) is 0 Å². The van der Waals surface area contributed by atoms with Crippen molar-refractivity contribution in [2.24, 2.45) is 0 Å². The molecule has 0 spiro atoms. The Morgan fingerprint density at radius 2 is 2.06 bits per heavy atom. The fourth-order valence-corrected chi connectivity index (χ4v) is 1.61. The van der Waals surface area contributed by atoms with Crippen LogP contribution in [0.15, 0.2) is 18.2 Å². The number of esters is 1. The Bertz CT molecular complexity index is 413. The van der Waals surface area contributed by atoms with E-state index in [0.717, 1.165) is 0 Å². The highest BCUT2D eigenvalue weighted by atomic mass is 35.5. The first-order chi connectivity index (χ1) is 7.54. The SMILES string of the molecule is CCOC(=O)Cc1cc(Cl)ccc1C(C)=O. The van der Waals surface area contributed by atoms with Crippen molar-refractivity contribution in [3.63, 3.8) is 0 Å². The first-order valence-corrected chi connectivity index (χ1v) is 5.37. The van der Waals surface area contributed by atoms with Crippen LogP contribution in [0, 0.1) is 0 Å². The standard InChI is InChI=1S/C12H13ClO3/c1-3-16-12(15)7-9-6-10(13)4-5-11(9)8(2)14/h4-6H,3,7H2,1-2H3. The van der Waals surface area contributed by atoms with Crippen LogP contribution >= 0.6 is 11.6 Å². The van der Waals surface area contributed by atoms with Crippen LogP contribution in [-0.2, 0) is 16.0 Å². The Balaban J connectivity index is 2.96. The van der Waals surface area contributed by atoms with Crippen LogP contribution in [0.5, 0.6) is 0 Å². The lowest BCUT2D eigenvalue weighted by Gasteiger charge is -2.07. The lowest BCUT2D eigenvalue weighted by Crippen LogP contribution is -2.10. The molecule has 0 atom stereocenters. The van der Waals surface area contributed by atoms with Gasteiger partial charge in [0, 0.05) is 10.6 Å². The summed E-state index contributed by atoms with van der Waals surface area (Å²) in [5.41, 5.74) is 1.12. The average molecular weight is 241 g/mol. The van der Waals surface area contributed by atoms with Gasteiger partial charge in [0.15, 0.2) is 5.78 Å². The fourth-order valence-electron chi connectivity index (χ4n) is 1.42. The molecule has 0 radical (unpaired) electrons. The zero-order valence-corrected chi connectivity index (χ0v) is 10.0. The van der Waals surface area contributed by atoms with Gasteiger partial charge < -0.3 is 4.74 Å². The number of rotatable bonds is 4. The number of hydrogen-bond donors (Lipinski definition) is 0. The van der Waals surface area contributed by atoms with Gasteiger partial charge in [0.25, 0.3) is 0 Å². The van der Waals surface area contributed by atoms with Gasteiger partial charge in [-0.05, 0) is 37.6 Å². The summed E-state index contributed by atoms with van der Waals surface area (Å²) < 4.78 is 4.83. The molecule has 0 aliphatic heterocycles. The van der Waals surface area contributed by atoms with Crippen LogP contribution < -0.4 is 0 Å². The third-order valence-corrected chi connectivity index (χ3v) is 2.32. The molecule has 0 saturated heterocycles. The third-order valence-electron chi connectivity index (χ3n) is 2.09. The van der Waals surface area contributed by atoms with Crippen LogP contribution in [-0.4, -0.2) is 18.4 Å². The van der Waals surface area contributed by atoms with E-state index in [1.807, 2.05) is 0 Å². The maximum atomic E-state index is 11.3. The number of carbonyl (C=O) groups excluding carboxylic acids is 2. The van der Waals surface area contributed by atoms with Crippen molar-refractivity contribution in [2.45, 2.75) is 20.3 Å². The minimum atomic E-state index is -0.354. The third kappa shape index (κ3) is 3.35. The molecule has 0 N–H and O–H groups in total. The molecule has 3 nitrogen and oxygen atoms in total. The van der Waals surface area contributed by atoms with Crippen molar-refractivity contribution < 1.29 is 14.3 Å². The molecule has 1 rings (SSSR count). The summed E-state index contributed by atoms with van der Waals surface area (Å²) in [6, 6.07) is 4.88. The van der Waals surface area contributed by atoms with Gasteiger partial charge >= 0.3 is 5.97 Å². The number of benzene rings is 1. The van der Waals surface area contributed by atoms with E-state index in [-0.39, 0.29) is 18.2 Å². The zero-order valence-electron chi connectivity index (χ0n) is 9.25. The molecule has 0 heterocycles. The first kappa shape index (κ1) is 12.7. The highest BCUT2D eigenvalue weighted by Crippen LogP contribution is 2.17. The summed E-state index contributed by atoms with van der Waals surface area (Å²) in [5.74, 6) is -0.441. The summed E-state index contributed by atoms with van der Waals surface area (Å²) in [6.45, 7) is 3.52. The van der Waals surface area contributed by atoms with E-state index < -0.39 is 0 Å². The monoisotopic (exact) mass is 240 g/mol. The Labute approximate surface area is 99.4 Å². The van der Waals surface area contributed by atoms with Gasteiger partial charge in [-0.3, -0.25) is 9.59 Å². The normalized spacial score (nSPS) is 9.94. The summed E-state index contributed by atoms with van der Waals surface area (Å²) >= 11 is 5.82. The molecular weight excluding hydrogens is 228 g/mol. The van der Waals surface area contributed by atoms with Crippen LogP contribution in [0.1, 0.15) is 29.8 Å². The number of ether oxygens (including phenoxy) is 1. The molecule has 0 aromatic heterocycles. The predicted molar refractivity (Wildman–Crippen MR) is 61.8 cm³/mol. The van der Waals surface area contributed by atoms with Gasteiger partial charge in [0.2, 0.25) is 0 Å². The summed E-state index contributed by atoms with van der Waals surface area (Å²) in [4.78, 5) is 22.6. The van der Waals surface area contributed by atoms with Crippen molar-refractivity contribution in [3.8, 4) is 0 Å². The molecule has 1 aromatic rings. The summed E-state index contributed by atoms with van der Waals surface area (Å²) in [6.07, 6.45) is 0.0727. The molecular formula is C12H13ClO3. The lowest BCUT2D eigenvalue weighted by atomic mass is 10.0. The van der Waals surface area contributed by atoms with Crippen molar-refractivity contribution in [3.05, 3.63) is 34.3 Å². The van der Waals surface area contributed by atoms with E-state index in [9.17, 15) is 9.59 Å². The molecule has 16 heavy (non-hydrogen) atoms. The van der Waals surface area contributed by atoms with E-state index >= 15 is 0 Å². The summed E-state index contributed by atoms with van der Waals surface area (Å²) in [5, 5.41) is 0.504. The summed E-state index contributed by atoms with van der Waals surface area (Å²) in [7, 11) is 0. The molecule has 0 amide bonds. The topological polar surface area (TPSA) is 43.4 Å². The molecule has 1 aromatic carbocycles. The number of Topliss-reactive ketones (excluding diaryl/α,β-unsaturated/α-hetero) is 1. The van der Waals surface area contributed by atoms with E-state index in [1.165, 1.54) is 6.92 Å². The highest BCUT2D eigenvalue weighted by Gasteiger charge is 2.12. The van der Waals surface area contributed by atoms with E-state index in [0.29, 0.717) is 22.8 Å². The van der Waals surface area contributed by atoms with Gasteiger partial charge in [-0.25, -0.2) is 0 Å². The zero-order chi connectivity index (χ0) is 12.1. The van der Waals surface area contributed by atoms with Crippen molar-refractivity contribution >= 4 is 23.4 Å². The number of hydrogen-bond acceptors (Lipinski definition) is 3. The Morgan fingerprint density at radius 3 is 2.62 bits per heavy atom. The minimum Gasteiger partial charge on any atom is -0.466 e. The van der Waals surface area contributed by atoms with Crippen LogP contribution in [0.2, 0.25) is 5.02 Å². The lowest BCUT2D eigenvalue weighted by molar-refractivity contribution is -0.142. The van der Waals surface area contributed by atoms with Crippen molar-refractivity contribution in [1.82, 2.24) is 0 Å². The first-order valence-electron chi connectivity index (χ1n) is 4.99. The molecule has 86 valence electrons. The fraction of sp³-hybridized carbons (Fsp3) is 0.333. The Hall–Kier alpha value is -1.35. The molecule has 0 bridgehead atoms. The Morgan fingerprint density at radius 1 is 1.38 bits per heavy atom. The highest BCUT2D eigenvalue weighted by molar-refractivity contribution is 6.30. The van der Waals surface area contributed by atoms with Crippen molar-refractivity contribution in [2.75, 3.05) is 6.61 Å². The molecule has 0 aliphatic rings. The largest absolute Gasteiger partial charge is 0.466 e. The maximum Gasteiger partial charge on any atom is 0.310 e. The van der Waals surface area contributed by atoms with Gasteiger partial charge in [-0.1, -0.05) is 11.6 Å². The smallest absolute Gasteiger partial charge is 0.310 e. The van der Waals surface area contributed by atoms with Crippen molar-refractivity contribution in [1.29, 1.82) is 0 Å². The predicted octanol–water partition coefficient (Wildman–Crippen LogP) is 2.65. The molecule has 0 saturated carbocycles. The minimum absolute atomic E-state index is 0.0727. The van der Waals surface area contributed by atoms with Gasteiger partial charge in [-0.15, -0.1) is 0 Å². The van der Waals surface area contributed by atoms with E-state index in [4.69, 9.17) is 16.3 Å². The molecule has 0 unspecified atom stereocenters. The molecule has 0 fully saturated rings. The van der Waals surface area contributed by atoms with E-state index in [1.54, 1.807) is 25.1 Å². The second-order valence-electron chi connectivity index (χ2n) is 3.34. The average Bonchev–Trinajstić information content (AvgIpc) is 2.17. The van der Waals surface area contributed by atoms with Crippen LogP contribution in [0.3, 0.4) is 0 Å². The number of halogens is 1. The second-order valence-corrected chi connectivity index (χ2v) is 3.78. The van der Waals surface area contributed by atoms with Gasteiger partial charge in [0.05, 0.1) is 13.0 Å². The molecule has 0 aliphatic carbocycles. The second kappa shape index (κ2) is 5.66. The van der Waals surface area contributed by atoms with Gasteiger partial charge in [-0.2, -0.15) is 0 Å². The quantitative estimate of drug-likeness (QED) is 0.600. The van der Waals surface area contributed by atoms with Crippen LogP contribution in [0.4, 0.5) is 0 Å². The Kier molecular flexibility index (Phi) is 4.50. The molecule has 4 heteroatoms. The van der Waals surface area contributed by atoms with E-state index in [2.05, 4.69) is 0 Å². The number of ketones is 1.